The molecule has 1 amide bonds. The number of amides is 1. The van der Waals surface area contributed by atoms with Gasteiger partial charge in [-0.25, -0.2) is 13.6 Å². The number of carbonyl (C=O) groups is 1. The van der Waals surface area contributed by atoms with E-state index in [0.29, 0.717) is 39.1 Å². The monoisotopic (exact) mass is 298 g/mol. The Labute approximate surface area is 118 Å². The molecule has 0 saturated carbocycles. The molecular weight excluding hydrogens is 280 g/mol. The topological polar surface area (TPSA) is 89.7 Å². The Hall–Kier alpha value is -1.44. The lowest BCUT2D eigenvalue weighted by Crippen LogP contribution is -2.40. The molecule has 1 aliphatic rings. The van der Waals surface area contributed by atoms with Gasteiger partial charge in [-0.2, -0.15) is 0 Å². The van der Waals surface area contributed by atoms with E-state index in [1.165, 1.54) is 12.1 Å². The fourth-order valence-corrected chi connectivity index (χ4v) is 2.58. The zero-order valence-electron chi connectivity index (χ0n) is 11.1. The van der Waals surface area contributed by atoms with Crippen molar-refractivity contribution in [3.05, 3.63) is 29.8 Å². The lowest BCUT2D eigenvalue weighted by molar-refractivity contribution is -0.135. The van der Waals surface area contributed by atoms with Crippen molar-refractivity contribution in [1.29, 1.82) is 0 Å². The van der Waals surface area contributed by atoms with E-state index in [0.717, 1.165) is 5.56 Å². The molecule has 0 aromatic heterocycles. The van der Waals surface area contributed by atoms with Crippen LogP contribution in [-0.2, 0) is 26.0 Å². The highest BCUT2D eigenvalue weighted by atomic mass is 32.2. The van der Waals surface area contributed by atoms with E-state index in [4.69, 9.17) is 9.88 Å². The van der Waals surface area contributed by atoms with E-state index in [1.54, 1.807) is 17.0 Å². The molecule has 1 aromatic carbocycles. The van der Waals surface area contributed by atoms with Crippen molar-refractivity contribution in [2.24, 2.45) is 5.14 Å². The van der Waals surface area contributed by atoms with E-state index in [1.807, 2.05) is 0 Å². The van der Waals surface area contributed by atoms with Crippen LogP contribution >= 0.6 is 0 Å². The molecule has 2 N–H and O–H groups in total. The third-order valence-corrected chi connectivity index (χ3v) is 4.17. The third-order valence-electron chi connectivity index (χ3n) is 3.24. The normalized spacial score (nSPS) is 16.1. The first-order valence-corrected chi connectivity index (χ1v) is 7.99. The summed E-state index contributed by atoms with van der Waals surface area (Å²) in [5, 5.41) is 5.03. The molecule has 0 bridgehead atoms. The first-order chi connectivity index (χ1) is 9.47. The second-order valence-electron chi connectivity index (χ2n) is 4.68. The molecule has 7 heteroatoms. The molecule has 1 saturated heterocycles. The smallest absolute Gasteiger partial charge is 0.238 e. The van der Waals surface area contributed by atoms with Crippen LogP contribution in [0.25, 0.3) is 0 Å². The zero-order valence-corrected chi connectivity index (χ0v) is 11.9. The molecular formula is C13H18N2O4S. The number of carbonyl (C=O) groups excluding carboxylic acids is 1. The number of hydrogen-bond donors (Lipinski definition) is 1. The Morgan fingerprint density at radius 2 is 1.80 bits per heavy atom. The highest BCUT2D eigenvalue weighted by Gasteiger charge is 2.16. The van der Waals surface area contributed by atoms with Gasteiger partial charge in [-0.05, 0) is 24.1 Å². The molecule has 0 aliphatic carbocycles. The van der Waals surface area contributed by atoms with Crippen molar-refractivity contribution < 1.29 is 17.9 Å². The Bertz CT molecular complexity index is 563. The minimum atomic E-state index is -3.66. The first-order valence-electron chi connectivity index (χ1n) is 6.44. The van der Waals surface area contributed by atoms with Crippen LogP contribution in [0.2, 0.25) is 0 Å². The third kappa shape index (κ3) is 4.03. The van der Waals surface area contributed by atoms with Crippen LogP contribution in [0.1, 0.15) is 12.0 Å². The lowest BCUT2D eigenvalue weighted by atomic mass is 10.1. The molecule has 0 unspecified atom stereocenters. The Kier molecular flexibility index (Phi) is 4.74. The molecule has 1 aliphatic heterocycles. The van der Waals surface area contributed by atoms with Crippen molar-refractivity contribution in [1.82, 2.24) is 4.90 Å². The highest BCUT2D eigenvalue weighted by Crippen LogP contribution is 2.11. The zero-order chi connectivity index (χ0) is 14.6. The van der Waals surface area contributed by atoms with Gasteiger partial charge in [0, 0.05) is 19.5 Å². The molecule has 0 atom stereocenters. The van der Waals surface area contributed by atoms with Gasteiger partial charge in [0.15, 0.2) is 0 Å². The van der Waals surface area contributed by atoms with Crippen LogP contribution in [0.4, 0.5) is 0 Å². The summed E-state index contributed by atoms with van der Waals surface area (Å²) >= 11 is 0. The van der Waals surface area contributed by atoms with E-state index < -0.39 is 10.0 Å². The van der Waals surface area contributed by atoms with Crippen molar-refractivity contribution >= 4 is 15.9 Å². The van der Waals surface area contributed by atoms with E-state index >= 15 is 0 Å². The van der Waals surface area contributed by atoms with Crippen LogP contribution in [0.15, 0.2) is 29.2 Å². The van der Waals surface area contributed by atoms with Gasteiger partial charge in [0.1, 0.15) is 0 Å². The molecule has 1 heterocycles. The molecule has 0 radical (unpaired) electrons. The average molecular weight is 298 g/mol. The molecule has 0 spiro atoms. The number of aryl methyl sites for hydroxylation is 1. The number of ether oxygens (including phenoxy) is 1. The standard InChI is InChI=1S/C13H18N2O4S/c14-20(17,18)12-4-1-11(2-5-12)3-6-13(16)15-7-9-19-10-8-15/h1-2,4-5H,3,6-10H2,(H2,14,17,18). The largest absolute Gasteiger partial charge is 0.378 e. The number of rotatable bonds is 4. The van der Waals surface area contributed by atoms with Crippen LogP contribution in [0.5, 0.6) is 0 Å². The fraction of sp³-hybridized carbons (Fsp3) is 0.462. The highest BCUT2D eigenvalue weighted by molar-refractivity contribution is 7.89. The quantitative estimate of drug-likeness (QED) is 0.855. The Morgan fingerprint density at radius 1 is 1.20 bits per heavy atom. The van der Waals surface area contributed by atoms with Crippen molar-refractivity contribution in [2.75, 3.05) is 26.3 Å². The molecule has 20 heavy (non-hydrogen) atoms. The minimum absolute atomic E-state index is 0.0840. The van der Waals surface area contributed by atoms with Crippen molar-refractivity contribution in [3.63, 3.8) is 0 Å². The van der Waals surface area contributed by atoms with E-state index in [2.05, 4.69) is 0 Å². The number of primary sulfonamides is 1. The number of hydrogen-bond acceptors (Lipinski definition) is 4. The SMILES string of the molecule is NS(=O)(=O)c1ccc(CCC(=O)N2CCOCC2)cc1. The summed E-state index contributed by atoms with van der Waals surface area (Å²) in [5.41, 5.74) is 0.916. The number of benzene rings is 1. The maximum absolute atomic E-state index is 12.0. The minimum Gasteiger partial charge on any atom is -0.378 e. The fourth-order valence-electron chi connectivity index (χ4n) is 2.07. The number of nitrogens with two attached hydrogens (primary N) is 1. The van der Waals surface area contributed by atoms with Crippen molar-refractivity contribution in [3.8, 4) is 0 Å². The Balaban J connectivity index is 1.89. The van der Waals surface area contributed by atoms with Crippen LogP contribution < -0.4 is 5.14 Å². The summed E-state index contributed by atoms with van der Waals surface area (Å²) in [6.45, 7) is 2.47. The molecule has 1 aromatic rings. The van der Waals surface area contributed by atoms with Gasteiger partial charge in [-0.15, -0.1) is 0 Å². The molecule has 1 fully saturated rings. The second kappa shape index (κ2) is 6.34. The number of nitrogens with zero attached hydrogens (tertiary/aromatic N) is 1. The van der Waals surface area contributed by atoms with E-state index in [-0.39, 0.29) is 10.8 Å². The molecule has 6 nitrogen and oxygen atoms in total. The van der Waals surface area contributed by atoms with Gasteiger partial charge >= 0.3 is 0 Å². The summed E-state index contributed by atoms with van der Waals surface area (Å²) in [4.78, 5) is 13.8. The van der Waals surface area contributed by atoms with Crippen molar-refractivity contribution in [2.45, 2.75) is 17.7 Å². The Morgan fingerprint density at radius 3 is 2.35 bits per heavy atom. The average Bonchev–Trinajstić information content (AvgIpc) is 2.45. The first kappa shape index (κ1) is 15.0. The number of morpholine rings is 1. The predicted molar refractivity (Wildman–Crippen MR) is 73.5 cm³/mol. The summed E-state index contributed by atoms with van der Waals surface area (Å²) in [6, 6.07) is 6.30. The van der Waals surface area contributed by atoms with Gasteiger partial charge in [-0.1, -0.05) is 12.1 Å². The maximum Gasteiger partial charge on any atom is 0.238 e. The summed E-state index contributed by atoms with van der Waals surface area (Å²) in [5.74, 6) is 0.101. The number of sulfonamides is 1. The van der Waals surface area contributed by atoms with Crippen LogP contribution in [0.3, 0.4) is 0 Å². The van der Waals surface area contributed by atoms with Crippen LogP contribution in [-0.4, -0.2) is 45.5 Å². The molecule has 2 rings (SSSR count). The predicted octanol–water partition coefficient (Wildman–Crippen LogP) is 0.125. The van der Waals surface area contributed by atoms with E-state index in [9.17, 15) is 13.2 Å². The van der Waals surface area contributed by atoms with Gasteiger partial charge < -0.3 is 9.64 Å². The second-order valence-corrected chi connectivity index (χ2v) is 6.24. The summed E-state index contributed by atoms with van der Waals surface area (Å²) in [6.07, 6.45) is 0.996. The van der Waals surface area contributed by atoms with Gasteiger partial charge in [0.05, 0.1) is 18.1 Å². The summed E-state index contributed by atoms with van der Waals surface area (Å²) in [7, 11) is -3.66. The lowest BCUT2D eigenvalue weighted by Gasteiger charge is -2.26. The van der Waals surface area contributed by atoms with Gasteiger partial charge in [0.25, 0.3) is 0 Å². The maximum atomic E-state index is 12.0. The van der Waals surface area contributed by atoms with Gasteiger partial charge in [0.2, 0.25) is 15.9 Å². The van der Waals surface area contributed by atoms with Gasteiger partial charge in [-0.3, -0.25) is 4.79 Å². The van der Waals surface area contributed by atoms with Crippen LogP contribution in [0, 0.1) is 0 Å². The molecule has 110 valence electrons. The summed E-state index contributed by atoms with van der Waals surface area (Å²) < 4.78 is 27.4.